The van der Waals surface area contributed by atoms with E-state index in [1.54, 1.807) is 0 Å². The minimum atomic E-state index is -3.90. The minimum absolute atomic E-state index is 0.0213. The number of thiazole rings is 1. The van der Waals surface area contributed by atoms with Gasteiger partial charge in [-0.25, -0.2) is 18.4 Å². The van der Waals surface area contributed by atoms with Crippen LogP contribution in [0.1, 0.15) is 0 Å². The largest absolute Gasteiger partial charge is 0.345 e. The van der Waals surface area contributed by atoms with Gasteiger partial charge in [0.25, 0.3) is 10.0 Å². The van der Waals surface area contributed by atoms with E-state index >= 15 is 0 Å². The summed E-state index contributed by atoms with van der Waals surface area (Å²) in [6.07, 6.45) is 2.21. The fraction of sp³-hybridized carbons (Fsp3) is 0. The summed E-state index contributed by atoms with van der Waals surface area (Å²) in [5.74, 6) is 0. The van der Waals surface area contributed by atoms with Gasteiger partial charge in [0.1, 0.15) is 11.3 Å². The Morgan fingerprint density at radius 3 is 2.74 bits per heavy atom. The maximum atomic E-state index is 11.9. The zero-order valence-corrected chi connectivity index (χ0v) is 11.4. The lowest BCUT2D eigenvalue weighted by Gasteiger charge is -2.04. The first-order valence-electron chi connectivity index (χ1n) is 4.63. The Balaban J connectivity index is 2.28. The van der Waals surface area contributed by atoms with Gasteiger partial charge in [-0.3, -0.25) is 14.8 Å². The van der Waals surface area contributed by atoms with E-state index in [0.29, 0.717) is 11.3 Å². The number of nitrogens with one attached hydrogen (secondary N) is 1. The summed E-state index contributed by atoms with van der Waals surface area (Å²) < 4.78 is 26.0. The summed E-state index contributed by atoms with van der Waals surface area (Å²) in [6, 6.07) is 2.40. The molecule has 2 heterocycles. The van der Waals surface area contributed by atoms with Gasteiger partial charge in [-0.2, -0.15) is 0 Å². The highest BCUT2D eigenvalue weighted by molar-refractivity contribution is 7.93. The molecule has 2 aromatic rings. The highest BCUT2D eigenvalue weighted by atomic mass is 35.5. The number of rotatable bonds is 4. The van der Waals surface area contributed by atoms with Crippen molar-refractivity contribution in [1.29, 1.82) is 0 Å². The molecule has 0 aliphatic rings. The van der Waals surface area contributed by atoms with Crippen molar-refractivity contribution in [3.8, 4) is 0 Å². The Morgan fingerprint density at radius 1 is 1.42 bits per heavy atom. The maximum absolute atomic E-state index is 11.9. The molecule has 0 bridgehead atoms. The third-order valence-corrected chi connectivity index (χ3v) is 4.44. The van der Waals surface area contributed by atoms with Crippen LogP contribution in [0.5, 0.6) is 0 Å². The third-order valence-electron chi connectivity index (χ3n) is 1.90. The zero-order chi connectivity index (χ0) is 14.0. The van der Waals surface area contributed by atoms with E-state index < -0.39 is 14.9 Å². The van der Waals surface area contributed by atoms with Crippen molar-refractivity contribution < 1.29 is 13.3 Å². The zero-order valence-electron chi connectivity index (χ0n) is 8.98. The van der Waals surface area contributed by atoms with Crippen molar-refractivity contribution in [1.82, 2.24) is 9.97 Å². The lowest BCUT2D eigenvalue weighted by molar-refractivity contribution is -0.380. The third kappa shape index (κ3) is 3.16. The van der Waals surface area contributed by atoms with E-state index in [2.05, 4.69) is 14.7 Å². The van der Waals surface area contributed by atoms with Crippen molar-refractivity contribution in [3.63, 3.8) is 0 Å². The monoisotopic (exact) mass is 320 g/mol. The molecule has 11 heteroatoms. The van der Waals surface area contributed by atoms with E-state index in [4.69, 9.17) is 11.6 Å². The summed E-state index contributed by atoms with van der Waals surface area (Å²) in [5.41, 5.74) is 0. The Kier molecular flexibility index (Phi) is 3.64. The summed E-state index contributed by atoms with van der Waals surface area (Å²) in [4.78, 5) is 17.0. The normalized spacial score (nSPS) is 11.2. The molecule has 2 rings (SSSR count). The van der Waals surface area contributed by atoms with Crippen molar-refractivity contribution in [3.05, 3.63) is 39.8 Å². The number of sulfonamides is 1. The Morgan fingerprint density at radius 2 is 2.16 bits per heavy atom. The van der Waals surface area contributed by atoms with Crippen LogP contribution < -0.4 is 4.72 Å². The molecule has 19 heavy (non-hydrogen) atoms. The minimum Gasteiger partial charge on any atom is -0.257 e. The molecule has 0 unspecified atom stereocenters. The molecular formula is C8H5ClN4O4S2. The van der Waals surface area contributed by atoms with Crippen molar-refractivity contribution in [2.45, 2.75) is 4.90 Å². The highest BCUT2D eigenvalue weighted by Gasteiger charge is 2.19. The fourth-order valence-electron chi connectivity index (χ4n) is 1.12. The summed E-state index contributed by atoms with van der Waals surface area (Å²) in [6.45, 7) is 0. The molecule has 100 valence electrons. The van der Waals surface area contributed by atoms with Crippen LogP contribution in [0.4, 0.5) is 10.1 Å². The first-order chi connectivity index (χ1) is 8.88. The molecule has 0 saturated heterocycles. The van der Waals surface area contributed by atoms with Crippen LogP contribution in [-0.4, -0.2) is 23.3 Å². The predicted molar refractivity (Wildman–Crippen MR) is 68.8 cm³/mol. The van der Waals surface area contributed by atoms with Crippen LogP contribution in [0, 0.1) is 10.1 Å². The molecule has 2 aromatic heterocycles. The molecular weight excluding hydrogens is 316 g/mol. The molecule has 1 N–H and O–H groups in total. The summed E-state index contributed by atoms with van der Waals surface area (Å²) in [7, 11) is -3.90. The topological polar surface area (TPSA) is 115 Å². The van der Waals surface area contributed by atoms with Crippen LogP contribution in [0.15, 0.2) is 29.4 Å². The van der Waals surface area contributed by atoms with Crippen molar-refractivity contribution >= 4 is 43.1 Å². The van der Waals surface area contributed by atoms with Crippen LogP contribution >= 0.6 is 22.9 Å². The highest BCUT2D eigenvalue weighted by Crippen LogP contribution is 2.27. The summed E-state index contributed by atoms with van der Waals surface area (Å²) in [5, 5.41) is 10.1. The SMILES string of the molecule is O=[N+]([O-])c1cnc(NS(=O)(=O)c2ccnc(Cl)c2)s1. The Labute approximate surface area is 116 Å². The molecule has 0 fully saturated rings. The van der Waals surface area contributed by atoms with E-state index in [1.807, 2.05) is 0 Å². The fourth-order valence-corrected chi connectivity index (χ4v) is 3.25. The summed E-state index contributed by atoms with van der Waals surface area (Å²) >= 11 is 6.21. The number of hydrogen-bond acceptors (Lipinski definition) is 7. The predicted octanol–water partition coefficient (Wildman–Crippen LogP) is 1.90. The van der Waals surface area contributed by atoms with Crippen LogP contribution in [0.2, 0.25) is 5.15 Å². The van der Waals surface area contributed by atoms with Gasteiger partial charge >= 0.3 is 5.00 Å². The molecule has 0 aromatic carbocycles. The Bertz CT molecular complexity index is 730. The van der Waals surface area contributed by atoms with Crippen LogP contribution in [0.25, 0.3) is 0 Å². The Hall–Kier alpha value is -1.78. The molecule has 0 aliphatic carbocycles. The van der Waals surface area contributed by atoms with Gasteiger partial charge in [-0.05, 0) is 23.5 Å². The smallest absolute Gasteiger partial charge is 0.257 e. The number of nitrogens with zero attached hydrogens (tertiary/aromatic N) is 3. The lowest BCUT2D eigenvalue weighted by Crippen LogP contribution is -2.12. The van der Waals surface area contributed by atoms with Crippen molar-refractivity contribution in [2.75, 3.05) is 4.72 Å². The average molecular weight is 321 g/mol. The average Bonchev–Trinajstić information content (AvgIpc) is 2.77. The van der Waals surface area contributed by atoms with E-state index in [9.17, 15) is 18.5 Å². The second-order valence-electron chi connectivity index (χ2n) is 3.18. The van der Waals surface area contributed by atoms with Crippen LogP contribution in [-0.2, 0) is 10.0 Å². The van der Waals surface area contributed by atoms with E-state index in [0.717, 1.165) is 12.3 Å². The molecule has 0 amide bonds. The number of hydrogen-bond donors (Lipinski definition) is 1. The standard InChI is InChI=1S/C8H5ClN4O4S2/c9-6-3-5(1-2-10-6)19(16,17)12-8-11-4-7(18-8)13(14)15/h1-4H,(H,11,12). The number of anilines is 1. The molecule has 0 radical (unpaired) electrons. The van der Waals surface area contributed by atoms with Gasteiger partial charge < -0.3 is 0 Å². The molecule has 0 spiro atoms. The number of pyridine rings is 1. The van der Waals surface area contributed by atoms with Gasteiger partial charge in [-0.1, -0.05) is 11.6 Å². The van der Waals surface area contributed by atoms with Gasteiger partial charge in [-0.15, -0.1) is 0 Å². The molecule has 0 aliphatic heterocycles. The van der Waals surface area contributed by atoms with Gasteiger partial charge in [0.15, 0.2) is 0 Å². The second kappa shape index (κ2) is 5.07. The van der Waals surface area contributed by atoms with Gasteiger partial charge in [0.05, 0.1) is 9.82 Å². The lowest BCUT2D eigenvalue weighted by atomic mass is 10.5. The first-order valence-corrected chi connectivity index (χ1v) is 7.31. The number of nitro groups is 1. The molecule has 0 atom stereocenters. The number of halogens is 1. The van der Waals surface area contributed by atoms with Gasteiger partial charge in [0.2, 0.25) is 5.13 Å². The second-order valence-corrected chi connectivity index (χ2v) is 6.26. The van der Waals surface area contributed by atoms with Gasteiger partial charge in [0, 0.05) is 6.20 Å². The van der Waals surface area contributed by atoms with E-state index in [1.165, 1.54) is 12.3 Å². The van der Waals surface area contributed by atoms with Crippen LogP contribution in [0.3, 0.4) is 0 Å². The first kappa shape index (κ1) is 13.6. The molecule has 8 nitrogen and oxygen atoms in total. The molecule has 0 saturated carbocycles. The quantitative estimate of drug-likeness (QED) is 0.522. The van der Waals surface area contributed by atoms with Crippen molar-refractivity contribution in [2.24, 2.45) is 0 Å². The maximum Gasteiger partial charge on any atom is 0.345 e. The van der Waals surface area contributed by atoms with E-state index in [-0.39, 0.29) is 20.2 Å². The number of aromatic nitrogens is 2.